The van der Waals surface area contributed by atoms with Gasteiger partial charge in [-0.1, -0.05) is 11.6 Å². The average Bonchev–Trinajstić information content (AvgIpc) is 2.81. The van der Waals surface area contributed by atoms with Crippen molar-refractivity contribution in [3.8, 4) is 0 Å². The van der Waals surface area contributed by atoms with Gasteiger partial charge in [0.1, 0.15) is 0 Å². The van der Waals surface area contributed by atoms with Gasteiger partial charge in [0.2, 0.25) is 0 Å². The first-order valence-electron chi connectivity index (χ1n) is 7.27. The lowest BCUT2D eigenvalue weighted by molar-refractivity contribution is 0.0650. The van der Waals surface area contributed by atoms with Gasteiger partial charge in [-0.2, -0.15) is 0 Å². The molecule has 0 saturated carbocycles. The Morgan fingerprint density at radius 2 is 1.72 bits per heavy atom. The fourth-order valence-electron chi connectivity index (χ4n) is 2.49. The highest BCUT2D eigenvalue weighted by Crippen LogP contribution is 2.25. The molecule has 0 atom stereocenters. The minimum Gasteiger partial charge on any atom is -0.350 e. The van der Waals surface area contributed by atoms with Crippen LogP contribution in [0.3, 0.4) is 0 Å². The van der Waals surface area contributed by atoms with E-state index in [0.29, 0.717) is 5.02 Å². The first-order chi connectivity index (χ1) is 11.9. The third-order valence-electron chi connectivity index (χ3n) is 3.74. The minimum absolute atomic E-state index is 0.0307. The molecule has 1 N–H and O–H groups in total. The van der Waals surface area contributed by atoms with Gasteiger partial charge in [0, 0.05) is 23.7 Å². The van der Waals surface area contributed by atoms with Crippen LogP contribution in [0.1, 0.15) is 31.1 Å². The maximum absolute atomic E-state index is 13.1. The van der Waals surface area contributed by atoms with Crippen molar-refractivity contribution in [2.45, 2.75) is 0 Å². The third kappa shape index (κ3) is 3.23. The highest BCUT2D eigenvalue weighted by atomic mass is 35.5. The van der Waals surface area contributed by atoms with Gasteiger partial charge in [0.05, 0.1) is 11.1 Å². The molecule has 0 saturated heterocycles. The molecule has 1 heterocycles. The fraction of sp³-hybridized carbons (Fsp3) is 0.118. The van der Waals surface area contributed by atoms with Crippen molar-refractivity contribution in [3.63, 3.8) is 0 Å². The van der Waals surface area contributed by atoms with Crippen LogP contribution in [-0.4, -0.2) is 35.7 Å². The second-order valence-electron chi connectivity index (χ2n) is 5.34. The number of rotatable bonds is 4. The summed E-state index contributed by atoms with van der Waals surface area (Å²) in [4.78, 5) is 37.3. The second kappa shape index (κ2) is 6.60. The molecule has 0 bridgehead atoms. The summed E-state index contributed by atoms with van der Waals surface area (Å²) in [6.45, 7) is -0.0869. The van der Waals surface area contributed by atoms with E-state index in [-0.39, 0.29) is 29.8 Å². The molecule has 0 fully saturated rings. The summed E-state index contributed by atoms with van der Waals surface area (Å²) in [6, 6.07) is 7.15. The molecule has 2 aromatic carbocycles. The predicted octanol–water partition coefficient (Wildman–Crippen LogP) is 2.64. The van der Waals surface area contributed by atoms with E-state index in [9.17, 15) is 23.2 Å². The van der Waals surface area contributed by atoms with Crippen molar-refractivity contribution in [1.29, 1.82) is 0 Å². The summed E-state index contributed by atoms with van der Waals surface area (Å²) in [6.07, 6.45) is 0. The van der Waals surface area contributed by atoms with Gasteiger partial charge in [-0.3, -0.25) is 19.3 Å². The maximum Gasteiger partial charge on any atom is 0.261 e. The van der Waals surface area contributed by atoms with Crippen molar-refractivity contribution >= 4 is 29.3 Å². The molecule has 0 aliphatic carbocycles. The largest absolute Gasteiger partial charge is 0.350 e. The first kappa shape index (κ1) is 17.0. The fourth-order valence-corrected chi connectivity index (χ4v) is 2.66. The molecule has 3 amide bonds. The molecular formula is C17H11ClF2N2O3. The van der Waals surface area contributed by atoms with Crippen molar-refractivity contribution in [3.05, 3.63) is 69.7 Å². The van der Waals surface area contributed by atoms with E-state index >= 15 is 0 Å². The van der Waals surface area contributed by atoms with Crippen LogP contribution in [0.2, 0.25) is 5.02 Å². The number of amides is 3. The Hall–Kier alpha value is -2.80. The first-order valence-corrected chi connectivity index (χ1v) is 7.65. The lowest BCUT2D eigenvalue weighted by Gasteiger charge is -2.14. The Morgan fingerprint density at radius 1 is 1.00 bits per heavy atom. The lowest BCUT2D eigenvalue weighted by Crippen LogP contribution is -2.38. The molecular weight excluding hydrogens is 354 g/mol. The number of fused-ring (bicyclic) bond motifs is 1. The van der Waals surface area contributed by atoms with E-state index in [1.165, 1.54) is 18.2 Å². The van der Waals surface area contributed by atoms with E-state index in [2.05, 4.69) is 5.32 Å². The SMILES string of the molecule is O=C(NCCN1C(=O)c2ccc(Cl)cc2C1=O)c1ccc(F)c(F)c1. The van der Waals surface area contributed by atoms with E-state index in [1.54, 1.807) is 0 Å². The van der Waals surface area contributed by atoms with Gasteiger partial charge in [-0.15, -0.1) is 0 Å². The van der Waals surface area contributed by atoms with Crippen LogP contribution < -0.4 is 5.32 Å². The molecule has 0 radical (unpaired) electrons. The van der Waals surface area contributed by atoms with Crippen LogP contribution >= 0.6 is 11.6 Å². The number of benzene rings is 2. The summed E-state index contributed by atoms with van der Waals surface area (Å²) in [7, 11) is 0. The summed E-state index contributed by atoms with van der Waals surface area (Å²) in [5.74, 6) is -3.80. The van der Waals surface area contributed by atoms with Crippen LogP contribution in [0, 0.1) is 11.6 Å². The topological polar surface area (TPSA) is 66.5 Å². The van der Waals surface area contributed by atoms with E-state index in [0.717, 1.165) is 23.1 Å². The number of imide groups is 1. The van der Waals surface area contributed by atoms with E-state index in [4.69, 9.17) is 11.6 Å². The zero-order chi connectivity index (χ0) is 18.1. The van der Waals surface area contributed by atoms with Crippen molar-refractivity contribution in [2.75, 3.05) is 13.1 Å². The molecule has 25 heavy (non-hydrogen) atoms. The monoisotopic (exact) mass is 364 g/mol. The molecule has 1 aliphatic heterocycles. The van der Waals surface area contributed by atoms with E-state index < -0.39 is 29.4 Å². The highest BCUT2D eigenvalue weighted by Gasteiger charge is 2.35. The van der Waals surface area contributed by atoms with Gasteiger partial charge in [0.15, 0.2) is 11.6 Å². The molecule has 128 valence electrons. The number of nitrogens with zero attached hydrogens (tertiary/aromatic N) is 1. The molecule has 8 heteroatoms. The summed E-state index contributed by atoms with van der Waals surface area (Å²) in [5, 5.41) is 2.79. The van der Waals surface area contributed by atoms with Crippen molar-refractivity contribution < 1.29 is 23.2 Å². The molecule has 1 aliphatic rings. The Bertz CT molecular complexity index is 901. The normalized spacial score (nSPS) is 13.2. The minimum atomic E-state index is -1.13. The molecule has 5 nitrogen and oxygen atoms in total. The van der Waals surface area contributed by atoms with Gasteiger partial charge < -0.3 is 5.32 Å². The number of nitrogens with one attached hydrogen (secondary N) is 1. The van der Waals surface area contributed by atoms with Crippen LogP contribution in [0.5, 0.6) is 0 Å². The van der Waals surface area contributed by atoms with Crippen molar-refractivity contribution in [2.24, 2.45) is 0 Å². The third-order valence-corrected chi connectivity index (χ3v) is 3.97. The Balaban J connectivity index is 1.63. The highest BCUT2D eigenvalue weighted by molar-refractivity contribution is 6.32. The predicted molar refractivity (Wildman–Crippen MR) is 85.5 cm³/mol. The Labute approximate surface area is 146 Å². The number of halogens is 3. The Morgan fingerprint density at radius 3 is 2.44 bits per heavy atom. The Kier molecular flexibility index (Phi) is 4.50. The maximum atomic E-state index is 13.1. The zero-order valence-electron chi connectivity index (χ0n) is 12.7. The van der Waals surface area contributed by atoms with Gasteiger partial charge in [-0.25, -0.2) is 8.78 Å². The molecule has 2 aromatic rings. The molecule has 0 unspecified atom stereocenters. The van der Waals surface area contributed by atoms with Gasteiger partial charge >= 0.3 is 0 Å². The summed E-state index contributed by atoms with van der Waals surface area (Å²) in [5.41, 5.74) is 0.402. The average molecular weight is 365 g/mol. The standard InChI is InChI=1S/C17H11ClF2N2O3/c18-10-2-3-11-12(8-10)17(25)22(16(11)24)6-5-21-15(23)9-1-4-13(19)14(20)7-9/h1-4,7-8H,5-6H2,(H,21,23). The quantitative estimate of drug-likeness (QED) is 0.848. The van der Waals surface area contributed by atoms with Crippen LogP contribution in [-0.2, 0) is 0 Å². The summed E-state index contributed by atoms with van der Waals surface area (Å²) < 4.78 is 26.0. The van der Waals surface area contributed by atoms with Crippen LogP contribution in [0.4, 0.5) is 8.78 Å². The number of carbonyl (C=O) groups excluding carboxylic acids is 3. The molecule has 0 aromatic heterocycles. The lowest BCUT2D eigenvalue weighted by atomic mass is 10.1. The van der Waals surface area contributed by atoms with Crippen LogP contribution in [0.25, 0.3) is 0 Å². The van der Waals surface area contributed by atoms with Gasteiger partial charge in [0.25, 0.3) is 17.7 Å². The number of hydrogen-bond donors (Lipinski definition) is 1. The van der Waals surface area contributed by atoms with E-state index in [1.807, 2.05) is 0 Å². The van der Waals surface area contributed by atoms with Gasteiger partial charge in [-0.05, 0) is 36.4 Å². The second-order valence-corrected chi connectivity index (χ2v) is 5.77. The number of hydrogen-bond acceptors (Lipinski definition) is 3. The number of carbonyl (C=O) groups is 3. The smallest absolute Gasteiger partial charge is 0.261 e. The van der Waals surface area contributed by atoms with Crippen LogP contribution in [0.15, 0.2) is 36.4 Å². The van der Waals surface area contributed by atoms with Crippen molar-refractivity contribution in [1.82, 2.24) is 10.2 Å². The zero-order valence-corrected chi connectivity index (χ0v) is 13.4. The summed E-state index contributed by atoms with van der Waals surface area (Å²) >= 11 is 5.83. The molecule has 0 spiro atoms. The molecule has 3 rings (SSSR count).